The van der Waals surface area contributed by atoms with E-state index < -0.39 is 23.6 Å². The van der Waals surface area contributed by atoms with Crippen LogP contribution in [-0.2, 0) is 10.9 Å². The van der Waals surface area contributed by atoms with Crippen molar-refractivity contribution in [2.45, 2.75) is 45.5 Å². The molecule has 1 unspecified atom stereocenters. The van der Waals surface area contributed by atoms with Crippen LogP contribution < -0.4 is 4.90 Å². The van der Waals surface area contributed by atoms with Crippen molar-refractivity contribution in [3.05, 3.63) is 21.4 Å². The topological polar surface area (TPSA) is 45.7 Å². The second kappa shape index (κ2) is 7.16. The van der Waals surface area contributed by atoms with Gasteiger partial charge in [0.1, 0.15) is 17.1 Å². The van der Waals surface area contributed by atoms with Crippen LogP contribution in [0.2, 0.25) is 0 Å². The van der Waals surface area contributed by atoms with E-state index in [9.17, 15) is 18.0 Å². The number of rotatable bonds is 1. The van der Waals surface area contributed by atoms with Gasteiger partial charge in [-0.2, -0.15) is 13.2 Å². The molecular formula is C16H21F3IN3O2. The first-order valence-corrected chi connectivity index (χ1v) is 8.94. The van der Waals surface area contributed by atoms with Gasteiger partial charge in [0.2, 0.25) is 0 Å². The number of anilines is 1. The number of ether oxygens (including phenoxy) is 1. The highest BCUT2D eigenvalue weighted by atomic mass is 127. The summed E-state index contributed by atoms with van der Waals surface area (Å²) >= 11 is 1.85. The maximum atomic E-state index is 13.0. The number of halogens is 4. The van der Waals surface area contributed by atoms with Crippen molar-refractivity contribution in [1.29, 1.82) is 0 Å². The number of alkyl halides is 3. The highest BCUT2D eigenvalue weighted by molar-refractivity contribution is 14.1. The second-order valence-electron chi connectivity index (χ2n) is 7.00. The summed E-state index contributed by atoms with van der Waals surface area (Å²) in [6, 6.07) is 2.47. The van der Waals surface area contributed by atoms with Crippen LogP contribution in [0.1, 0.15) is 33.4 Å². The van der Waals surface area contributed by atoms with Crippen molar-refractivity contribution in [2.24, 2.45) is 0 Å². The predicted molar refractivity (Wildman–Crippen MR) is 96.6 cm³/mol. The first kappa shape index (κ1) is 20.1. The zero-order valence-corrected chi connectivity index (χ0v) is 16.7. The Balaban J connectivity index is 2.14. The van der Waals surface area contributed by atoms with Crippen LogP contribution in [0.15, 0.2) is 12.1 Å². The molecule has 0 bridgehead atoms. The standard InChI is InChI=1S/C16H21F3IN3O2/c1-10-9-22(14(24)25-15(2,3)4)5-6-23(10)13-8-11(20)7-12(21-13)16(17,18)19/h7-8,10H,5-6,9H2,1-4H3. The van der Waals surface area contributed by atoms with Gasteiger partial charge >= 0.3 is 12.3 Å². The average Bonchev–Trinajstić information content (AvgIpc) is 2.43. The number of amides is 1. The smallest absolute Gasteiger partial charge is 0.433 e. The fraction of sp³-hybridized carbons (Fsp3) is 0.625. The van der Waals surface area contributed by atoms with Crippen molar-refractivity contribution in [2.75, 3.05) is 24.5 Å². The Labute approximate surface area is 158 Å². The fourth-order valence-electron chi connectivity index (χ4n) is 2.57. The molecule has 1 aromatic rings. The van der Waals surface area contributed by atoms with Gasteiger partial charge < -0.3 is 14.5 Å². The van der Waals surface area contributed by atoms with Crippen molar-refractivity contribution in [1.82, 2.24) is 9.88 Å². The molecule has 1 saturated heterocycles. The molecule has 0 saturated carbocycles. The molecule has 1 amide bonds. The minimum atomic E-state index is -4.49. The SMILES string of the molecule is CC1CN(C(=O)OC(C)(C)C)CCN1c1cc(I)cc(C(F)(F)F)n1. The van der Waals surface area contributed by atoms with Crippen LogP contribution >= 0.6 is 22.6 Å². The van der Waals surface area contributed by atoms with Crippen LogP contribution in [0.3, 0.4) is 0 Å². The summed E-state index contributed by atoms with van der Waals surface area (Å²) in [6.07, 6.45) is -4.90. The molecule has 0 aliphatic carbocycles. The molecule has 140 valence electrons. The number of nitrogens with zero attached hydrogens (tertiary/aromatic N) is 3. The minimum absolute atomic E-state index is 0.173. The Morgan fingerprint density at radius 3 is 2.44 bits per heavy atom. The quantitative estimate of drug-likeness (QED) is 0.578. The molecule has 0 N–H and O–H groups in total. The van der Waals surface area contributed by atoms with E-state index in [0.29, 0.717) is 23.2 Å². The van der Waals surface area contributed by atoms with E-state index in [-0.39, 0.29) is 11.9 Å². The van der Waals surface area contributed by atoms with Gasteiger partial charge in [-0.25, -0.2) is 9.78 Å². The molecule has 1 fully saturated rings. The highest BCUT2D eigenvalue weighted by Crippen LogP contribution is 2.31. The zero-order valence-electron chi connectivity index (χ0n) is 14.5. The summed E-state index contributed by atoms with van der Waals surface area (Å²) in [5.74, 6) is 0.274. The molecule has 1 aliphatic heterocycles. The molecule has 25 heavy (non-hydrogen) atoms. The minimum Gasteiger partial charge on any atom is -0.444 e. The van der Waals surface area contributed by atoms with Crippen LogP contribution in [0, 0.1) is 3.57 Å². The molecule has 0 radical (unpaired) electrons. The Kier molecular flexibility index (Phi) is 5.75. The molecule has 1 atom stereocenters. The number of aromatic nitrogens is 1. The van der Waals surface area contributed by atoms with Crippen molar-refractivity contribution in [3.63, 3.8) is 0 Å². The lowest BCUT2D eigenvalue weighted by Crippen LogP contribution is -2.54. The maximum absolute atomic E-state index is 13.0. The Bertz CT molecular complexity index is 646. The normalized spacial score (nSPS) is 19.1. The lowest BCUT2D eigenvalue weighted by Gasteiger charge is -2.41. The van der Waals surface area contributed by atoms with Crippen LogP contribution in [-0.4, -0.2) is 47.3 Å². The van der Waals surface area contributed by atoms with E-state index in [1.807, 2.05) is 29.5 Å². The molecule has 1 aliphatic rings. The van der Waals surface area contributed by atoms with Crippen molar-refractivity contribution >= 4 is 34.5 Å². The fourth-order valence-corrected chi connectivity index (χ4v) is 3.14. The van der Waals surface area contributed by atoms with Gasteiger partial charge in [0.05, 0.1) is 0 Å². The first-order valence-electron chi connectivity index (χ1n) is 7.86. The van der Waals surface area contributed by atoms with Crippen molar-refractivity contribution < 1.29 is 22.7 Å². The Hall–Kier alpha value is -1.26. The summed E-state index contributed by atoms with van der Waals surface area (Å²) in [5, 5.41) is 0. The summed E-state index contributed by atoms with van der Waals surface area (Å²) in [4.78, 5) is 19.3. The van der Waals surface area contributed by atoms with Crippen molar-refractivity contribution in [3.8, 4) is 0 Å². The Morgan fingerprint density at radius 1 is 1.28 bits per heavy atom. The van der Waals surface area contributed by atoms with E-state index in [0.717, 1.165) is 6.07 Å². The molecule has 2 rings (SSSR count). The third kappa shape index (κ3) is 5.35. The van der Waals surface area contributed by atoms with Crippen LogP contribution in [0.25, 0.3) is 0 Å². The second-order valence-corrected chi connectivity index (χ2v) is 8.24. The first-order chi connectivity index (χ1) is 11.4. The molecule has 0 aromatic carbocycles. The molecule has 2 heterocycles. The van der Waals surface area contributed by atoms with Gasteiger partial charge in [-0.15, -0.1) is 0 Å². The number of pyridine rings is 1. The predicted octanol–water partition coefficient (Wildman–Crippen LogP) is 4.15. The van der Waals surface area contributed by atoms with Gasteiger partial charge in [0, 0.05) is 29.2 Å². The van der Waals surface area contributed by atoms with E-state index in [4.69, 9.17) is 4.74 Å². The third-order valence-electron chi connectivity index (χ3n) is 3.64. The number of carbonyl (C=O) groups is 1. The molecule has 1 aromatic heterocycles. The average molecular weight is 471 g/mol. The van der Waals surface area contributed by atoms with Crippen LogP contribution in [0.5, 0.6) is 0 Å². The Morgan fingerprint density at radius 2 is 1.92 bits per heavy atom. The van der Waals surface area contributed by atoms with Gasteiger partial charge in [-0.05, 0) is 62.4 Å². The van der Waals surface area contributed by atoms with E-state index in [2.05, 4.69) is 4.98 Å². The molecular weight excluding hydrogens is 450 g/mol. The zero-order chi connectivity index (χ0) is 19.0. The summed E-state index contributed by atoms with van der Waals surface area (Å²) in [6.45, 7) is 8.35. The molecule has 5 nitrogen and oxygen atoms in total. The van der Waals surface area contributed by atoms with E-state index >= 15 is 0 Å². The van der Waals surface area contributed by atoms with Gasteiger partial charge in [0.25, 0.3) is 0 Å². The number of hydrogen-bond donors (Lipinski definition) is 0. The lowest BCUT2D eigenvalue weighted by molar-refractivity contribution is -0.141. The maximum Gasteiger partial charge on any atom is 0.433 e. The molecule has 0 spiro atoms. The number of piperazine rings is 1. The van der Waals surface area contributed by atoms with Gasteiger partial charge in [-0.3, -0.25) is 0 Å². The number of hydrogen-bond acceptors (Lipinski definition) is 4. The van der Waals surface area contributed by atoms with Gasteiger partial charge in [-0.1, -0.05) is 0 Å². The summed E-state index contributed by atoms with van der Waals surface area (Å²) < 4.78 is 44.8. The monoisotopic (exact) mass is 471 g/mol. The molecule has 9 heteroatoms. The van der Waals surface area contributed by atoms with E-state index in [1.54, 1.807) is 36.6 Å². The largest absolute Gasteiger partial charge is 0.444 e. The highest BCUT2D eigenvalue weighted by Gasteiger charge is 2.35. The van der Waals surface area contributed by atoms with Crippen LogP contribution in [0.4, 0.5) is 23.8 Å². The van der Waals surface area contributed by atoms with Gasteiger partial charge in [0.15, 0.2) is 0 Å². The summed E-state index contributed by atoms with van der Waals surface area (Å²) in [5.41, 5.74) is -1.49. The third-order valence-corrected chi connectivity index (χ3v) is 4.26. The number of carbonyl (C=O) groups excluding carboxylic acids is 1. The lowest BCUT2D eigenvalue weighted by atomic mass is 10.2. The summed E-state index contributed by atoms with van der Waals surface area (Å²) in [7, 11) is 0. The van der Waals surface area contributed by atoms with E-state index in [1.165, 1.54) is 0 Å².